The second-order valence-electron chi connectivity index (χ2n) is 6.96. The molecule has 2 rings (SSSR count). The standard InChI is InChI=1S/C19H25BN4O4.H2O/c1-13(2)10-17(20(27)28)24-18(25)15(11-14-6-4-3-5-7-14)23-19(26)16-12-21-8-9-22-16;/h3-9,12-13,15,17,27-28H,10-11H2,1-2H3,(H,23,26)(H,24,25);1H2. The van der Waals surface area contributed by atoms with Crippen molar-refractivity contribution in [3.63, 3.8) is 0 Å². The van der Waals surface area contributed by atoms with E-state index in [0.29, 0.717) is 6.42 Å². The molecule has 0 saturated heterocycles. The van der Waals surface area contributed by atoms with Crippen LogP contribution in [0.15, 0.2) is 48.9 Å². The summed E-state index contributed by atoms with van der Waals surface area (Å²) >= 11 is 0. The zero-order chi connectivity index (χ0) is 20.5. The Balaban J connectivity index is 0.00000420. The number of nitrogens with one attached hydrogen (secondary N) is 2. The normalized spacial score (nSPS) is 12.4. The molecule has 2 atom stereocenters. The van der Waals surface area contributed by atoms with Gasteiger partial charge in [0.25, 0.3) is 5.91 Å². The van der Waals surface area contributed by atoms with Crippen LogP contribution in [0.25, 0.3) is 0 Å². The van der Waals surface area contributed by atoms with Crippen LogP contribution < -0.4 is 10.6 Å². The SMILES string of the molecule is CC(C)CC(NC(=O)C(Cc1ccccc1)NC(=O)c1cnccn1)B(O)O.O. The van der Waals surface area contributed by atoms with Crippen molar-refractivity contribution in [1.82, 2.24) is 20.6 Å². The van der Waals surface area contributed by atoms with E-state index in [4.69, 9.17) is 0 Å². The van der Waals surface area contributed by atoms with Crippen molar-refractivity contribution in [3.8, 4) is 0 Å². The number of rotatable bonds is 9. The highest BCUT2D eigenvalue weighted by Gasteiger charge is 2.30. The van der Waals surface area contributed by atoms with Gasteiger partial charge in [0.2, 0.25) is 5.91 Å². The Hall–Kier alpha value is -2.82. The average molecular weight is 402 g/mol. The Kier molecular flexibility index (Phi) is 9.94. The molecule has 0 aliphatic carbocycles. The molecule has 2 aromatic rings. The summed E-state index contributed by atoms with van der Waals surface area (Å²) in [6, 6.07) is 8.33. The van der Waals surface area contributed by atoms with Gasteiger partial charge in [-0.1, -0.05) is 44.2 Å². The smallest absolute Gasteiger partial charge is 0.426 e. The first-order valence-electron chi connectivity index (χ1n) is 9.14. The van der Waals surface area contributed by atoms with Crippen LogP contribution in [0.5, 0.6) is 0 Å². The Bertz CT molecular complexity index is 762. The molecule has 0 bridgehead atoms. The zero-order valence-electron chi connectivity index (χ0n) is 16.4. The van der Waals surface area contributed by atoms with Gasteiger partial charge >= 0.3 is 7.12 Å². The molecule has 1 aromatic heterocycles. The van der Waals surface area contributed by atoms with Crippen LogP contribution in [-0.4, -0.2) is 56.4 Å². The minimum atomic E-state index is -1.69. The van der Waals surface area contributed by atoms with Gasteiger partial charge in [0.1, 0.15) is 11.7 Å². The van der Waals surface area contributed by atoms with Gasteiger partial charge in [0.15, 0.2) is 0 Å². The lowest BCUT2D eigenvalue weighted by molar-refractivity contribution is -0.123. The minimum absolute atomic E-state index is 0. The van der Waals surface area contributed by atoms with E-state index in [1.54, 1.807) is 0 Å². The fourth-order valence-corrected chi connectivity index (χ4v) is 2.75. The van der Waals surface area contributed by atoms with Crippen LogP contribution in [0.1, 0.15) is 36.3 Å². The lowest BCUT2D eigenvalue weighted by Crippen LogP contribution is -2.55. The van der Waals surface area contributed by atoms with Gasteiger partial charge < -0.3 is 26.2 Å². The average Bonchev–Trinajstić information content (AvgIpc) is 2.68. The molecular weight excluding hydrogens is 375 g/mol. The highest BCUT2D eigenvalue weighted by molar-refractivity contribution is 6.43. The second kappa shape index (κ2) is 11.9. The molecule has 2 unspecified atom stereocenters. The van der Waals surface area contributed by atoms with Crippen LogP contribution in [0.3, 0.4) is 0 Å². The summed E-state index contributed by atoms with van der Waals surface area (Å²) in [5.74, 6) is -1.72. The molecule has 0 aliphatic heterocycles. The number of carbonyl (C=O) groups is 2. The first-order chi connectivity index (χ1) is 13.4. The molecule has 0 saturated carbocycles. The van der Waals surface area contributed by atoms with E-state index < -0.39 is 30.9 Å². The maximum Gasteiger partial charge on any atom is 0.475 e. The van der Waals surface area contributed by atoms with Gasteiger partial charge in [-0.3, -0.25) is 14.6 Å². The Morgan fingerprint density at radius 3 is 2.34 bits per heavy atom. The van der Waals surface area contributed by atoms with Crippen molar-refractivity contribution in [2.75, 3.05) is 0 Å². The Labute approximate surface area is 170 Å². The molecule has 10 heteroatoms. The topological polar surface area (TPSA) is 156 Å². The molecule has 1 aromatic carbocycles. The van der Waals surface area contributed by atoms with Crippen LogP contribution in [-0.2, 0) is 11.2 Å². The van der Waals surface area contributed by atoms with Gasteiger partial charge in [-0.25, -0.2) is 4.98 Å². The number of hydrogen-bond donors (Lipinski definition) is 4. The summed E-state index contributed by atoms with van der Waals surface area (Å²) < 4.78 is 0. The number of amides is 2. The van der Waals surface area contributed by atoms with E-state index in [-0.39, 0.29) is 23.5 Å². The van der Waals surface area contributed by atoms with E-state index >= 15 is 0 Å². The number of hydrogen-bond acceptors (Lipinski definition) is 6. The summed E-state index contributed by atoms with van der Waals surface area (Å²) in [4.78, 5) is 33.1. The highest BCUT2D eigenvalue weighted by atomic mass is 16.4. The lowest BCUT2D eigenvalue weighted by Gasteiger charge is -2.24. The first-order valence-corrected chi connectivity index (χ1v) is 9.14. The monoisotopic (exact) mass is 402 g/mol. The van der Waals surface area contributed by atoms with E-state index in [2.05, 4.69) is 20.6 Å². The third kappa shape index (κ3) is 7.98. The number of nitrogens with zero attached hydrogens (tertiary/aromatic N) is 2. The molecule has 156 valence electrons. The lowest BCUT2D eigenvalue weighted by atomic mass is 9.75. The number of carbonyl (C=O) groups excluding carboxylic acids is 2. The van der Waals surface area contributed by atoms with Crippen LogP contribution in [0, 0.1) is 5.92 Å². The first kappa shape index (κ1) is 24.2. The molecule has 1 heterocycles. The second-order valence-corrected chi connectivity index (χ2v) is 6.96. The molecule has 2 amide bonds. The van der Waals surface area contributed by atoms with Gasteiger partial charge in [-0.2, -0.15) is 0 Å². The minimum Gasteiger partial charge on any atom is -0.426 e. The van der Waals surface area contributed by atoms with Crippen LogP contribution in [0.2, 0.25) is 0 Å². The molecule has 0 radical (unpaired) electrons. The largest absolute Gasteiger partial charge is 0.475 e. The van der Waals surface area contributed by atoms with E-state index in [9.17, 15) is 19.6 Å². The molecular formula is C19H27BN4O5. The quantitative estimate of drug-likeness (QED) is 0.416. The van der Waals surface area contributed by atoms with Gasteiger partial charge in [-0.15, -0.1) is 0 Å². The molecule has 6 N–H and O–H groups in total. The molecule has 29 heavy (non-hydrogen) atoms. The van der Waals surface area contributed by atoms with Crippen molar-refractivity contribution < 1.29 is 25.1 Å². The van der Waals surface area contributed by atoms with Gasteiger partial charge in [0, 0.05) is 18.8 Å². The van der Waals surface area contributed by atoms with E-state index in [1.165, 1.54) is 18.6 Å². The van der Waals surface area contributed by atoms with E-state index in [0.717, 1.165) is 5.56 Å². The number of aromatic nitrogens is 2. The zero-order valence-corrected chi connectivity index (χ0v) is 16.4. The van der Waals surface area contributed by atoms with Crippen molar-refractivity contribution >= 4 is 18.9 Å². The fraction of sp³-hybridized carbons (Fsp3) is 0.368. The summed E-state index contributed by atoms with van der Waals surface area (Å²) in [5.41, 5.74) is 0.946. The Morgan fingerprint density at radius 1 is 1.10 bits per heavy atom. The predicted molar refractivity (Wildman–Crippen MR) is 109 cm³/mol. The predicted octanol–water partition coefficient (Wildman–Crippen LogP) is -0.464. The number of benzene rings is 1. The molecule has 0 aliphatic rings. The van der Waals surface area contributed by atoms with Crippen LogP contribution in [0.4, 0.5) is 0 Å². The summed E-state index contributed by atoms with van der Waals surface area (Å²) in [5, 5.41) is 24.5. The van der Waals surface area contributed by atoms with Crippen molar-refractivity contribution in [2.45, 2.75) is 38.7 Å². The van der Waals surface area contributed by atoms with Crippen molar-refractivity contribution in [3.05, 3.63) is 60.2 Å². The maximum atomic E-state index is 12.8. The maximum absolute atomic E-state index is 12.8. The highest BCUT2D eigenvalue weighted by Crippen LogP contribution is 2.09. The van der Waals surface area contributed by atoms with Gasteiger partial charge in [0.05, 0.1) is 12.1 Å². The molecule has 0 spiro atoms. The summed E-state index contributed by atoms with van der Waals surface area (Å²) in [6.45, 7) is 3.83. The van der Waals surface area contributed by atoms with Crippen molar-refractivity contribution in [1.29, 1.82) is 0 Å². The van der Waals surface area contributed by atoms with Crippen molar-refractivity contribution in [2.24, 2.45) is 5.92 Å². The molecule has 9 nitrogen and oxygen atoms in total. The van der Waals surface area contributed by atoms with Crippen LogP contribution >= 0.6 is 0 Å². The Morgan fingerprint density at radius 2 is 1.79 bits per heavy atom. The molecule has 0 fully saturated rings. The third-order valence-electron chi connectivity index (χ3n) is 4.11. The third-order valence-corrected chi connectivity index (χ3v) is 4.11. The summed E-state index contributed by atoms with van der Waals surface area (Å²) in [6.07, 6.45) is 4.78. The fourth-order valence-electron chi connectivity index (χ4n) is 2.75. The van der Waals surface area contributed by atoms with Gasteiger partial charge in [-0.05, 0) is 17.9 Å². The van der Waals surface area contributed by atoms with E-state index in [1.807, 2.05) is 44.2 Å². The summed E-state index contributed by atoms with van der Waals surface area (Å²) in [7, 11) is -1.69.